The van der Waals surface area contributed by atoms with Crippen molar-refractivity contribution in [2.24, 2.45) is 0 Å². The van der Waals surface area contributed by atoms with Crippen molar-refractivity contribution in [3.63, 3.8) is 0 Å². The zero-order chi connectivity index (χ0) is 11.4. The average molecular weight is 241 g/mol. The van der Waals surface area contributed by atoms with E-state index in [9.17, 15) is 4.39 Å². The number of hydrogen-bond acceptors (Lipinski definition) is 4. The fourth-order valence-corrected chi connectivity index (χ4v) is 3.17. The molecule has 1 aromatic rings. The molecule has 1 saturated carbocycles. The zero-order valence-corrected chi connectivity index (χ0v) is 10.1. The van der Waals surface area contributed by atoms with E-state index in [1.807, 2.05) is 11.8 Å². The third-order valence-electron chi connectivity index (χ3n) is 2.74. The van der Waals surface area contributed by atoms with E-state index in [0.29, 0.717) is 12.0 Å². The molecule has 1 aliphatic carbocycles. The Hall–Kier alpha value is -0.840. The molecule has 1 aromatic heterocycles. The first-order chi connectivity index (χ1) is 7.78. The molecule has 16 heavy (non-hydrogen) atoms. The van der Waals surface area contributed by atoms with Crippen molar-refractivity contribution in [3.05, 3.63) is 18.2 Å². The number of rotatable bonds is 4. The van der Waals surface area contributed by atoms with Crippen LogP contribution in [0.15, 0.2) is 12.4 Å². The summed E-state index contributed by atoms with van der Waals surface area (Å²) < 4.78 is 12.6. The molecule has 1 heterocycles. The van der Waals surface area contributed by atoms with Crippen molar-refractivity contribution in [3.8, 4) is 0 Å². The van der Waals surface area contributed by atoms with Gasteiger partial charge in [0, 0.05) is 11.3 Å². The van der Waals surface area contributed by atoms with Crippen LogP contribution in [0.3, 0.4) is 0 Å². The molecule has 2 unspecified atom stereocenters. The van der Waals surface area contributed by atoms with E-state index in [4.69, 9.17) is 0 Å². The highest BCUT2D eigenvalue weighted by Gasteiger charge is 2.24. The molecule has 1 fully saturated rings. The zero-order valence-electron chi connectivity index (χ0n) is 9.32. The minimum Gasteiger partial charge on any atom is -0.351 e. The lowest BCUT2D eigenvalue weighted by Gasteiger charge is -2.12. The van der Waals surface area contributed by atoms with Crippen molar-refractivity contribution in [2.75, 3.05) is 11.1 Å². The first kappa shape index (κ1) is 11.6. The van der Waals surface area contributed by atoms with Crippen LogP contribution < -0.4 is 5.32 Å². The summed E-state index contributed by atoms with van der Waals surface area (Å²) in [6, 6.07) is 0.439. The first-order valence-corrected chi connectivity index (χ1v) is 6.68. The minimum absolute atomic E-state index is 0.392. The highest BCUT2D eigenvalue weighted by molar-refractivity contribution is 7.99. The van der Waals surface area contributed by atoms with E-state index in [2.05, 4.69) is 22.2 Å². The molecular formula is C11H16FN3S. The van der Waals surface area contributed by atoms with Gasteiger partial charge < -0.3 is 5.32 Å². The van der Waals surface area contributed by atoms with Gasteiger partial charge in [0.05, 0.1) is 12.4 Å². The Morgan fingerprint density at radius 2 is 2.19 bits per heavy atom. The van der Waals surface area contributed by atoms with Gasteiger partial charge in [0.15, 0.2) is 5.82 Å². The number of hydrogen-bond donors (Lipinski definition) is 1. The predicted molar refractivity (Wildman–Crippen MR) is 65.2 cm³/mol. The van der Waals surface area contributed by atoms with E-state index in [-0.39, 0.29) is 0 Å². The third-order valence-corrected chi connectivity index (χ3v) is 3.97. The number of halogens is 1. The molecule has 0 radical (unpaired) electrons. The predicted octanol–water partition coefficient (Wildman–Crippen LogP) is 2.70. The van der Waals surface area contributed by atoms with E-state index >= 15 is 0 Å². The van der Waals surface area contributed by atoms with Crippen LogP contribution in [-0.4, -0.2) is 27.0 Å². The second kappa shape index (κ2) is 5.48. The highest BCUT2D eigenvalue weighted by atomic mass is 32.2. The molecule has 0 bridgehead atoms. The molecule has 3 nitrogen and oxygen atoms in total. The van der Waals surface area contributed by atoms with Crippen LogP contribution >= 0.6 is 11.8 Å². The van der Waals surface area contributed by atoms with Gasteiger partial charge in [-0.1, -0.05) is 6.92 Å². The van der Waals surface area contributed by atoms with Gasteiger partial charge in [0.2, 0.25) is 5.95 Å². The molecule has 0 aliphatic heterocycles. The number of anilines is 1. The summed E-state index contributed by atoms with van der Waals surface area (Å²) in [5.41, 5.74) is 0. The SMILES string of the molecule is CCSC1CCC(Nc2ncc(F)cn2)C1. The molecule has 0 aromatic carbocycles. The summed E-state index contributed by atoms with van der Waals surface area (Å²) in [5.74, 6) is 1.31. The number of thioether (sulfide) groups is 1. The normalized spacial score (nSPS) is 24.6. The summed E-state index contributed by atoms with van der Waals surface area (Å²) in [7, 11) is 0. The van der Waals surface area contributed by atoms with Gasteiger partial charge in [-0.05, 0) is 25.0 Å². The molecule has 1 aliphatic rings. The Labute approximate surface area is 99.3 Å². The highest BCUT2D eigenvalue weighted by Crippen LogP contribution is 2.30. The molecule has 1 N–H and O–H groups in total. The van der Waals surface area contributed by atoms with Crippen molar-refractivity contribution < 1.29 is 4.39 Å². The smallest absolute Gasteiger partial charge is 0.222 e. The van der Waals surface area contributed by atoms with E-state index in [0.717, 1.165) is 18.1 Å². The Morgan fingerprint density at radius 3 is 2.88 bits per heavy atom. The maximum absolute atomic E-state index is 12.6. The Balaban J connectivity index is 1.84. The summed E-state index contributed by atoms with van der Waals surface area (Å²) in [4.78, 5) is 7.82. The summed E-state index contributed by atoms with van der Waals surface area (Å²) in [5, 5.41) is 4.01. The fourth-order valence-electron chi connectivity index (χ4n) is 2.03. The average Bonchev–Trinajstić information content (AvgIpc) is 2.70. The van der Waals surface area contributed by atoms with Crippen LogP contribution in [0.5, 0.6) is 0 Å². The second-order valence-electron chi connectivity index (χ2n) is 3.96. The third kappa shape index (κ3) is 3.07. The minimum atomic E-state index is -0.392. The van der Waals surface area contributed by atoms with Crippen LogP contribution in [0.4, 0.5) is 10.3 Å². The molecule has 0 spiro atoms. The van der Waals surface area contributed by atoms with Gasteiger partial charge in [-0.3, -0.25) is 0 Å². The fraction of sp³-hybridized carbons (Fsp3) is 0.636. The second-order valence-corrected chi connectivity index (χ2v) is 5.53. The van der Waals surface area contributed by atoms with Gasteiger partial charge >= 0.3 is 0 Å². The molecule has 0 amide bonds. The quantitative estimate of drug-likeness (QED) is 0.879. The monoisotopic (exact) mass is 241 g/mol. The van der Waals surface area contributed by atoms with Gasteiger partial charge in [-0.15, -0.1) is 0 Å². The van der Waals surface area contributed by atoms with E-state index < -0.39 is 5.82 Å². The number of nitrogens with one attached hydrogen (secondary N) is 1. The topological polar surface area (TPSA) is 37.8 Å². The molecule has 2 rings (SSSR count). The summed E-state index contributed by atoms with van der Waals surface area (Å²) in [6.07, 6.45) is 5.94. The number of nitrogens with zero attached hydrogens (tertiary/aromatic N) is 2. The maximum atomic E-state index is 12.6. The lowest BCUT2D eigenvalue weighted by molar-refractivity contribution is 0.612. The largest absolute Gasteiger partial charge is 0.351 e. The van der Waals surface area contributed by atoms with Gasteiger partial charge in [-0.25, -0.2) is 14.4 Å². The van der Waals surface area contributed by atoms with Crippen molar-refractivity contribution in [2.45, 2.75) is 37.5 Å². The lowest BCUT2D eigenvalue weighted by Crippen LogP contribution is -2.17. The Morgan fingerprint density at radius 1 is 1.44 bits per heavy atom. The van der Waals surface area contributed by atoms with Crippen molar-refractivity contribution in [1.29, 1.82) is 0 Å². The van der Waals surface area contributed by atoms with Gasteiger partial charge in [0.1, 0.15) is 0 Å². The van der Waals surface area contributed by atoms with E-state index in [1.165, 1.54) is 24.6 Å². The summed E-state index contributed by atoms with van der Waals surface area (Å²) >= 11 is 2.01. The molecule has 0 saturated heterocycles. The Kier molecular flexibility index (Phi) is 3.98. The Bertz CT molecular complexity index is 331. The van der Waals surface area contributed by atoms with Gasteiger partial charge in [0.25, 0.3) is 0 Å². The maximum Gasteiger partial charge on any atom is 0.222 e. The molecule has 88 valence electrons. The molecule has 5 heteroatoms. The van der Waals surface area contributed by atoms with Crippen molar-refractivity contribution in [1.82, 2.24) is 9.97 Å². The van der Waals surface area contributed by atoms with Crippen LogP contribution in [0, 0.1) is 5.82 Å². The van der Waals surface area contributed by atoms with Crippen LogP contribution in [0.2, 0.25) is 0 Å². The van der Waals surface area contributed by atoms with E-state index in [1.54, 1.807) is 0 Å². The van der Waals surface area contributed by atoms with Crippen LogP contribution in [0.25, 0.3) is 0 Å². The number of aromatic nitrogens is 2. The van der Waals surface area contributed by atoms with Crippen LogP contribution in [0.1, 0.15) is 26.2 Å². The summed E-state index contributed by atoms with van der Waals surface area (Å²) in [6.45, 7) is 2.19. The van der Waals surface area contributed by atoms with Crippen molar-refractivity contribution >= 4 is 17.7 Å². The molecular weight excluding hydrogens is 225 g/mol. The first-order valence-electron chi connectivity index (χ1n) is 5.63. The lowest BCUT2D eigenvalue weighted by atomic mass is 10.2. The van der Waals surface area contributed by atoms with Gasteiger partial charge in [-0.2, -0.15) is 11.8 Å². The molecule has 2 atom stereocenters. The van der Waals surface area contributed by atoms with Crippen LogP contribution in [-0.2, 0) is 0 Å². The standard InChI is InChI=1S/C11H16FN3S/c1-2-16-10-4-3-9(5-10)15-11-13-6-8(12)7-14-11/h6-7,9-10H,2-5H2,1H3,(H,13,14,15).